The minimum absolute atomic E-state index is 0.0769. The molecule has 0 amide bonds. The summed E-state index contributed by atoms with van der Waals surface area (Å²) < 4.78 is 1.31. The summed E-state index contributed by atoms with van der Waals surface area (Å²) in [6, 6.07) is 0. The van der Waals surface area contributed by atoms with Crippen LogP contribution < -0.4 is 10.2 Å². The van der Waals surface area contributed by atoms with Gasteiger partial charge in [0.2, 0.25) is 0 Å². The summed E-state index contributed by atoms with van der Waals surface area (Å²) >= 11 is -0.182. The van der Waals surface area contributed by atoms with Crippen LogP contribution in [0.25, 0.3) is 0 Å². The van der Waals surface area contributed by atoms with Crippen molar-refractivity contribution in [1.29, 1.82) is 0 Å². The average molecular weight is 602 g/mol. The number of rotatable bonds is 17. The molecular formula is C30H58O4Sn. The van der Waals surface area contributed by atoms with E-state index in [1.807, 2.05) is 0 Å². The van der Waals surface area contributed by atoms with Crippen molar-refractivity contribution in [3.8, 4) is 0 Å². The Morgan fingerprint density at radius 1 is 0.714 bits per heavy atom. The van der Waals surface area contributed by atoms with Crippen molar-refractivity contribution in [2.45, 2.75) is 160 Å². The molecule has 0 N–H and O–H groups in total. The number of carboxylic acid groups (broad SMARTS) is 2. The van der Waals surface area contributed by atoms with Crippen LogP contribution in [-0.4, -0.2) is 33.1 Å². The molecule has 0 saturated carbocycles. The molecule has 0 saturated heterocycles. The molecule has 2 atom stereocenters. The number of carbonyl (C=O) groups is 2. The van der Waals surface area contributed by atoms with Crippen molar-refractivity contribution in [3.63, 3.8) is 0 Å². The quantitative estimate of drug-likeness (QED) is 0.169. The third-order valence-electron chi connectivity index (χ3n) is 6.66. The zero-order valence-electron chi connectivity index (χ0n) is 25.0. The minimum atomic E-state index is -1.10. The first-order valence-electron chi connectivity index (χ1n) is 14.3. The van der Waals surface area contributed by atoms with E-state index < -0.39 is 17.4 Å². The van der Waals surface area contributed by atoms with E-state index >= 15 is 0 Å². The fraction of sp³-hybridized carbons (Fsp3) is 0.933. The average Bonchev–Trinajstić information content (AvgIpc) is 2.71. The number of carboxylic acids is 2. The number of unbranched alkanes of at least 4 members (excludes halogenated alkanes) is 2. The summed E-state index contributed by atoms with van der Waals surface area (Å²) in [7, 11) is 0. The normalized spacial score (nSPS) is 15.3. The van der Waals surface area contributed by atoms with Crippen LogP contribution in [0.2, 0.25) is 6.86 Å². The molecule has 35 heavy (non-hydrogen) atoms. The van der Waals surface area contributed by atoms with E-state index in [9.17, 15) is 19.8 Å². The van der Waals surface area contributed by atoms with Gasteiger partial charge in [-0.25, -0.2) is 0 Å². The third kappa shape index (κ3) is 20.5. The van der Waals surface area contributed by atoms with Crippen molar-refractivity contribution < 1.29 is 19.8 Å². The zero-order valence-corrected chi connectivity index (χ0v) is 27.8. The molecule has 0 fully saturated rings. The van der Waals surface area contributed by atoms with E-state index in [0.717, 1.165) is 51.4 Å². The van der Waals surface area contributed by atoms with Gasteiger partial charge in [0.05, 0.1) is 0 Å². The Morgan fingerprint density at radius 2 is 1.11 bits per heavy atom. The standard InChI is InChI=1S/C22H42O4.2C4H9.Sn/c1-5-9-12-18(7-3)16-22(21(25)26,15-11-14-20(23)24)17-19(8-4)13-10-6-2;2*1-4(2)3;/h18-19H,5-17H2,1-4H3,(H,23,24)(H,25,26);2*1-3H3;/q;;;+2/p-2. The summed E-state index contributed by atoms with van der Waals surface area (Å²) in [6.07, 6.45) is 10.3. The molecule has 2 unspecified atom stereocenters. The summed E-state index contributed by atoms with van der Waals surface area (Å²) in [5.41, 5.74) is -0.904. The fourth-order valence-corrected chi connectivity index (χ4v) is 11.7. The van der Waals surface area contributed by atoms with Gasteiger partial charge in [0.25, 0.3) is 0 Å². The Bertz CT molecular complexity index is 530. The van der Waals surface area contributed by atoms with Gasteiger partial charge < -0.3 is 19.8 Å². The second-order valence-corrected chi connectivity index (χ2v) is 21.9. The van der Waals surface area contributed by atoms with E-state index in [-0.39, 0.29) is 27.6 Å². The molecule has 0 aliphatic heterocycles. The predicted molar refractivity (Wildman–Crippen MR) is 147 cm³/mol. The molecule has 0 aromatic heterocycles. The van der Waals surface area contributed by atoms with Gasteiger partial charge in [-0.15, -0.1) is 0 Å². The maximum absolute atomic E-state index is 12.3. The van der Waals surface area contributed by atoms with Crippen LogP contribution in [0.4, 0.5) is 0 Å². The van der Waals surface area contributed by atoms with Crippen LogP contribution in [0.5, 0.6) is 0 Å². The molecule has 0 rings (SSSR count). The summed E-state index contributed by atoms with van der Waals surface area (Å²) in [6.45, 7) is 22.7. The summed E-state index contributed by atoms with van der Waals surface area (Å²) in [5, 5.41) is 23.1. The van der Waals surface area contributed by atoms with E-state index in [1.54, 1.807) is 0 Å². The van der Waals surface area contributed by atoms with Crippen molar-refractivity contribution >= 4 is 33.1 Å². The number of hydrogen-bond acceptors (Lipinski definition) is 4. The molecule has 0 radical (unpaired) electrons. The van der Waals surface area contributed by atoms with Crippen molar-refractivity contribution in [1.82, 2.24) is 0 Å². The first-order chi connectivity index (χ1) is 16.1. The molecule has 0 aromatic carbocycles. The molecule has 4 nitrogen and oxygen atoms in total. The third-order valence-corrected chi connectivity index (χ3v) is 10.9. The second-order valence-electron chi connectivity index (χ2n) is 12.7. The Hall–Kier alpha value is -0.261. The van der Waals surface area contributed by atoms with Crippen LogP contribution in [-0.2, 0) is 9.59 Å². The van der Waals surface area contributed by atoms with Gasteiger partial charge in [0.1, 0.15) is 0 Å². The van der Waals surface area contributed by atoms with E-state index in [2.05, 4.69) is 69.2 Å². The Labute approximate surface area is 229 Å². The topological polar surface area (TPSA) is 80.3 Å². The van der Waals surface area contributed by atoms with Crippen LogP contribution in [0.1, 0.15) is 153 Å². The van der Waals surface area contributed by atoms with Gasteiger partial charge in [-0.05, 0) is 43.9 Å². The number of carbonyl (C=O) groups excluding carboxylic acids is 2. The molecule has 0 heterocycles. The molecule has 0 aliphatic carbocycles. The molecular weight excluding hydrogens is 543 g/mol. The van der Waals surface area contributed by atoms with Crippen LogP contribution >= 0.6 is 0 Å². The van der Waals surface area contributed by atoms with Crippen molar-refractivity contribution in [2.75, 3.05) is 0 Å². The zero-order chi connectivity index (χ0) is 27.7. The summed E-state index contributed by atoms with van der Waals surface area (Å²) in [4.78, 5) is 23.1. The van der Waals surface area contributed by atoms with Gasteiger partial charge in [-0.3, -0.25) is 0 Å². The number of hydrogen-bond donors (Lipinski definition) is 0. The van der Waals surface area contributed by atoms with Crippen molar-refractivity contribution in [2.24, 2.45) is 17.3 Å². The van der Waals surface area contributed by atoms with Crippen molar-refractivity contribution in [3.05, 3.63) is 0 Å². The van der Waals surface area contributed by atoms with Crippen LogP contribution in [0.15, 0.2) is 0 Å². The monoisotopic (exact) mass is 602 g/mol. The van der Waals surface area contributed by atoms with Crippen LogP contribution in [0.3, 0.4) is 0 Å². The van der Waals surface area contributed by atoms with Gasteiger partial charge in [-0.1, -0.05) is 79.1 Å². The summed E-state index contributed by atoms with van der Waals surface area (Å²) in [5.74, 6) is -1.37. The van der Waals surface area contributed by atoms with E-state index in [0.29, 0.717) is 44.4 Å². The Morgan fingerprint density at radius 3 is 1.34 bits per heavy atom. The molecule has 0 aliphatic rings. The van der Waals surface area contributed by atoms with Crippen LogP contribution in [0, 0.1) is 17.3 Å². The first-order valence-corrected chi connectivity index (χ1v) is 17.1. The second kappa shape index (κ2) is 18.9. The molecule has 206 valence electrons. The van der Waals surface area contributed by atoms with Gasteiger partial charge >= 0.3 is 69.5 Å². The SMILES string of the molecule is CCCCC(CC)CC(CCCC(=O)[O-])(CC(CC)CCCC)C(=O)[O-].C[C](C)(C)[Sn+2][C](C)(C)C. The van der Waals surface area contributed by atoms with Gasteiger partial charge in [0.15, 0.2) is 0 Å². The molecule has 5 heteroatoms. The maximum atomic E-state index is 12.3. The van der Waals surface area contributed by atoms with Gasteiger partial charge in [0, 0.05) is 17.4 Å². The van der Waals surface area contributed by atoms with Gasteiger partial charge in [-0.2, -0.15) is 0 Å². The van der Waals surface area contributed by atoms with E-state index in [1.165, 1.54) is 0 Å². The molecule has 0 aromatic rings. The Balaban J connectivity index is 0. The molecule has 0 spiro atoms. The van der Waals surface area contributed by atoms with E-state index in [4.69, 9.17) is 0 Å². The Kier molecular flexibility index (Phi) is 19.9. The fourth-order valence-electron chi connectivity index (χ4n) is 5.24. The predicted octanol–water partition coefficient (Wildman–Crippen LogP) is 6.98. The number of aliphatic carboxylic acids is 2. The first kappa shape index (κ1) is 36.9. The molecule has 0 bridgehead atoms.